The van der Waals surface area contributed by atoms with Crippen LogP contribution in [0.5, 0.6) is 0 Å². The van der Waals surface area contributed by atoms with Crippen molar-refractivity contribution in [1.82, 2.24) is 14.4 Å². The van der Waals surface area contributed by atoms with Crippen LogP contribution < -0.4 is 0 Å². The predicted octanol–water partition coefficient (Wildman–Crippen LogP) is 2.73. The van der Waals surface area contributed by atoms with Crippen LogP contribution in [0, 0.1) is 11.6 Å². The van der Waals surface area contributed by atoms with Gasteiger partial charge in [-0.3, -0.25) is 0 Å². The smallest absolute Gasteiger partial charge is 0.243 e. The highest BCUT2D eigenvalue weighted by molar-refractivity contribution is 7.89. The van der Waals surface area contributed by atoms with E-state index in [1.54, 1.807) is 0 Å². The first-order valence-corrected chi connectivity index (χ1v) is 9.68. The maximum atomic E-state index is 13.3. The number of rotatable bonds is 5. The van der Waals surface area contributed by atoms with Crippen LogP contribution >= 0.6 is 0 Å². The molecule has 0 saturated carbocycles. The number of halogens is 2. The molecule has 0 amide bonds. The van der Waals surface area contributed by atoms with Gasteiger partial charge in [-0.15, -0.1) is 0 Å². The lowest BCUT2D eigenvalue weighted by Crippen LogP contribution is -2.48. The van der Waals surface area contributed by atoms with Crippen LogP contribution in [0.25, 0.3) is 0 Å². The summed E-state index contributed by atoms with van der Waals surface area (Å²) in [6.45, 7) is 0.237. The Bertz CT molecular complexity index is 1040. The Hall–Kier alpha value is -2.65. The van der Waals surface area contributed by atoms with E-state index in [0.29, 0.717) is 24.2 Å². The second-order valence-corrected chi connectivity index (χ2v) is 8.27. The molecule has 1 saturated heterocycles. The van der Waals surface area contributed by atoms with Gasteiger partial charge in [0.05, 0.1) is 10.8 Å². The molecule has 6 nitrogen and oxygen atoms in total. The molecule has 0 radical (unpaired) electrons. The Morgan fingerprint density at radius 2 is 1.74 bits per heavy atom. The van der Waals surface area contributed by atoms with Crippen LogP contribution in [0.15, 0.2) is 57.9 Å². The first-order chi connectivity index (χ1) is 12.9. The summed E-state index contributed by atoms with van der Waals surface area (Å²) in [7, 11) is -3.97. The van der Waals surface area contributed by atoms with Crippen molar-refractivity contribution in [3.05, 3.63) is 77.4 Å². The Labute approximate surface area is 154 Å². The van der Waals surface area contributed by atoms with Crippen LogP contribution in [0.3, 0.4) is 0 Å². The van der Waals surface area contributed by atoms with Crippen molar-refractivity contribution in [2.75, 3.05) is 13.1 Å². The standard InChI is InChI=1S/C18H15F2N3O3S/c19-14-7-15(20)9-16(8-14)27(24,25)23-10-13(11-23)18-21-17(22-26-18)6-12-4-2-1-3-5-12/h1-5,7-9,13H,6,10-11H2. The maximum absolute atomic E-state index is 13.3. The number of hydrogen-bond acceptors (Lipinski definition) is 5. The molecule has 1 fully saturated rings. The zero-order chi connectivity index (χ0) is 19.0. The molecule has 1 aromatic heterocycles. The summed E-state index contributed by atoms with van der Waals surface area (Å²) < 4.78 is 57.9. The van der Waals surface area contributed by atoms with Crippen LogP contribution in [0.1, 0.15) is 23.2 Å². The summed E-state index contributed by atoms with van der Waals surface area (Å²) in [5.41, 5.74) is 1.04. The van der Waals surface area contributed by atoms with E-state index in [1.807, 2.05) is 30.3 Å². The van der Waals surface area contributed by atoms with Crippen molar-refractivity contribution >= 4 is 10.0 Å². The fourth-order valence-corrected chi connectivity index (χ4v) is 4.47. The summed E-state index contributed by atoms with van der Waals surface area (Å²) in [5.74, 6) is -1.24. The predicted molar refractivity (Wildman–Crippen MR) is 91.4 cm³/mol. The lowest BCUT2D eigenvalue weighted by molar-refractivity contribution is 0.216. The maximum Gasteiger partial charge on any atom is 0.243 e. The summed E-state index contributed by atoms with van der Waals surface area (Å²) in [6, 6.07) is 11.9. The molecule has 3 aromatic rings. The van der Waals surface area contributed by atoms with Gasteiger partial charge in [0.1, 0.15) is 11.6 Å². The fourth-order valence-electron chi connectivity index (χ4n) is 2.90. The van der Waals surface area contributed by atoms with Gasteiger partial charge in [-0.2, -0.15) is 9.29 Å². The summed E-state index contributed by atoms with van der Waals surface area (Å²) in [4.78, 5) is 3.92. The van der Waals surface area contributed by atoms with E-state index in [-0.39, 0.29) is 19.0 Å². The molecule has 0 atom stereocenters. The molecule has 0 N–H and O–H groups in total. The average Bonchev–Trinajstić information content (AvgIpc) is 3.01. The van der Waals surface area contributed by atoms with Gasteiger partial charge in [-0.1, -0.05) is 35.5 Å². The van der Waals surface area contributed by atoms with Crippen LogP contribution in [0.4, 0.5) is 8.78 Å². The van der Waals surface area contributed by atoms with Crippen molar-refractivity contribution in [2.45, 2.75) is 17.2 Å². The number of benzene rings is 2. The molecule has 0 bridgehead atoms. The van der Waals surface area contributed by atoms with Gasteiger partial charge >= 0.3 is 0 Å². The normalized spacial score (nSPS) is 15.6. The van der Waals surface area contributed by atoms with E-state index in [1.165, 1.54) is 0 Å². The van der Waals surface area contributed by atoms with Crippen molar-refractivity contribution in [2.24, 2.45) is 0 Å². The number of sulfonamides is 1. The topological polar surface area (TPSA) is 76.3 Å². The van der Waals surface area contributed by atoms with E-state index in [4.69, 9.17) is 4.52 Å². The summed E-state index contributed by atoms with van der Waals surface area (Å²) in [6.07, 6.45) is 0.516. The minimum atomic E-state index is -3.97. The van der Waals surface area contributed by atoms with Gasteiger partial charge in [-0.05, 0) is 17.7 Å². The van der Waals surface area contributed by atoms with Crippen molar-refractivity contribution < 1.29 is 21.7 Å². The van der Waals surface area contributed by atoms with Crippen molar-refractivity contribution in [3.63, 3.8) is 0 Å². The van der Waals surface area contributed by atoms with Gasteiger partial charge in [0, 0.05) is 25.6 Å². The average molecular weight is 391 g/mol. The third-order valence-corrected chi connectivity index (χ3v) is 6.17. The third kappa shape index (κ3) is 3.60. The first kappa shape index (κ1) is 17.7. The number of nitrogens with zero attached hydrogens (tertiary/aromatic N) is 3. The molecule has 140 valence electrons. The molecular weight excluding hydrogens is 376 g/mol. The number of aromatic nitrogens is 2. The Balaban J connectivity index is 1.43. The van der Waals surface area contributed by atoms with E-state index in [2.05, 4.69) is 10.1 Å². The molecule has 0 spiro atoms. The molecule has 2 aromatic carbocycles. The molecular formula is C18H15F2N3O3S. The molecule has 27 heavy (non-hydrogen) atoms. The highest BCUT2D eigenvalue weighted by atomic mass is 32.2. The van der Waals surface area contributed by atoms with Gasteiger partial charge < -0.3 is 4.52 Å². The summed E-state index contributed by atoms with van der Waals surface area (Å²) in [5, 5.41) is 3.93. The lowest BCUT2D eigenvalue weighted by Gasteiger charge is -2.35. The molecule has 0 unspecified atom stereocenters. The Morgan fingerprint density at radius 1 is 1.07 bits per heavy atom. The minimum Gasteiger partial charge on any atom is -0.339 e. The fraction of sp³-hybridized carbons (Fsp3) is 0.222. The first-order valence-electron chi connectivity index (χ1n) is 8.24. The highest BCUT2D eigenvalue weighted by Gasteiger charge is 2.40. The van der Waals surface area contributed by atoms with E-state index < -0.39 is 26.6 Å². The van der Waals surface area contributed by atoms with E-state index >= 15 is 0 Å². The van der Waals surface area contributed by atoms with Crippen LogP contribution in [-0.4, -0.2) is 36.0 Å². The lowest BCUT2D eigenvalue weighted by atomic mass is 10.0. The quantitative estimate of drug-likeness (QED) is 0.668. The SMILES string of the molecule is O=S(=O)(c1cc(F)cc(F)c1)N1CC(c2nc(Cc3ccccc3)no2)C1. The second kappa shape index (κ2) is 6.82. The van der Waals surface area contributed by atoms with E-state index in [0.717, 1.165) is 22.0 Å². The zero-order valence-electron chi connectivity index (χ0n) is 14.0. The minimum absolute atomic E-state index is 0.118. The molecule has 0 aliphatic carbocycles. The monoisotopic (exact) mass is 391 g/mol. The molecule has 9 heteroatoms. The second-order valence-electron chi connectivity index (χ2n) is 6.34. The van der Waals surface area contributed by atoms with Crippen molar-refractivity contribution in [1.29, 1.82) is 0 Å². The Morgan fingerprint density at radius 3 is 2.41 bits per heavy atom. The van der Waals surface area contributed by atoms with Crippen LogP contribution in [0.2, 0.25) is 0 Å². The zero-order valence-corrected chi connectivity index (χ0v) is 14.9. The molecule has 2 heterocycles. The summed E-state index contributed by atoms with van der Waals surface area (Å²) >= 11 is 0. The molecule has 4 rings (SSSR count). The van der Waals surface area contributed by atoms with Gasteiger partial charge in [0.15, 0.2) is 5.82 Å². The van der Waals surface area contributed by atoms with E-state index in [9.17, 15) is 17.2 Å². The van der Waals surface area contributed by atoms with Crippen LogP contribution in [-0.2, 0) is 16.4 Å². The largest absolute Gasteiger partial charge is 0.339 e. The third-order valence-electron chi connectivity index (χ3n) is 4.36. The number of hydrogen-bond donors (Lipinski definition) is 0. The van der Waals surface area contributed by atoms with Gasteiger partial charge in [-0.25, -0.2) is 17.2 Å². The van der Waals surface area contributed by atoms with Gasteiger partial charge in [0.2, 0.25) is 15.9 Å². The molecule has 1 aliphatic rings. The van der Waals surface area contributed by atoms with Gasteiger partial charge in [0.25, 0.3) is 0 Å². The highest BCUT2D eigenvalue weighted by Crippen LogP contribution is 2.31. The van der Waals surface area contributed by atoms with Crippen molar-refractivity contribution in [3.8, 4) is 0 Å². The Kier molecular flexibility index (Phi) is 4.48. The molecule has 1 aliphatic heterocycles.